The van der Waals surface area contributed by atoms with Gasteiger partial charge >= 0.3 is 0 Å². The molecule has 2 aromatic rings. The van der Waals surface area contributed by atoms with Crippen LogP contribution in [-0.2, 0) is 6.42 Å². The first kappa shape index (κ1) is 15.7. The lowest BCUT2D eigenvalue weighted by Gasteiger charge is -2.36. The lowest BCUT2D eigenvalue weighted by molar-refractivity contribution is 0.188. The lowest BCUT2D eigenvalue weighted by Crippen LogP contribution is -2.42. The Bertz CT molecular complexity index is 699. The minimum atomic E-state index is -0.00338. The molecule has 0 spiro atoms. The number of anilines is 1. The molecule has 1 atom stereocenters. The van der Waals surface area contributed by atoms with Crippen molar-refractivity contribution in [1.82, 2.24) is 0 Å². The van der Waals surface area contributed by atoms with Gasteiger partial charge in [0.05, 0.1) is 18.8 Å². The Morgan fingerprint density at radius 2 is 2.00 bits per heavy atom. The van der Waals surface area contributed by atoms with Crippen molar-refractivity contribution in [3.63, 3.8) is 0 Å². The van der Waals surface area contributed by atoms with Crippen molar-refractivity contribution in [2.45, 2.75) is 26.4 Å². The van der Waals surface area contributed by atoms with Gasteiger partial charge < -0.3 is 19.8 Å². The quantitative estimate of drug-likeness (QED) is 0.911. The van der Waals surface area contributed by atoms with E-state index in [1.54, 1.807) is 12.1 Å². The summed E-state index contributed by atoms with van der Waals surface area (Å²) in [4.78, 5) is 2.12. The summed E-state index contributed by atoms with van der Waals surface area (Å²) in [6.07, 6.45) is 0.807. The van der Waals surface area contributed by atoms with Gasteiger partial charge in [-0.1, -0.05) is 23.8 Å². The molecule has 0 bridgehead atoms. The van der Waals surface area contributed by atoms with E-state index in [9.17, 15) is 10.2 Å². The lowest BCUT2D eigenvalue weighted by atomic mass is 9.99. The van der Waals surface area contributed by atoms with Crippen LogP contribution in [0.3, 0.4) is 0 Å². The maximum Gasteiger partial charge on any atom is 0.146 e. The van der Waals surface area contributed by atoms with Gasteiger partial charge in [0.15, 0.2) is 0 Å². The van der Waals surface area contributed by atoms with Crippen LogP contribution < -0.4 is 9.64 Å². The highest BCUT2D eigenvalue weighted by atomic mass is 16.5. The number of hydrogen-bond acceptors (Lipinski definition) is 4. The molecule has 4 heteroatoms. The number of phenols is 1. The number of fused-ring (bicyclic) bond motifs is 1. The number of ether oxygens (including phenoxy) is 1. The van der Waals surface area contributed by atoms with Crippen LogP contribution in [0.4, 0.5) is 5.69 Å². The second kappa shape index (κ2) is 6.50. The smallest absolute Gasteiger partial charge is 0.146 e. The van der Waals surface area contributed by atoms with Crippen LogP contribution >= 0.6 is 0 Å². The third-order valence-electron chi connectivity index (χ3n) is 4.32. The van der Waals surface area contributed by atoms with E-state index in [1.165, 1.54) is 16.7 Å². The number of phenolic OH excluding ortho intramolecular Hbond substituents is 1. The number of hydrogen-bond donors (Lipinski definition) is 2. The molecule has 0 saturated carbocycles. The van der Waals surface area contributed by atoms with Crippen molar-refractivity contribution in [2.75, 3.05) is 24.6 Å². The minimum Gasteiger partial charge on any atom is -0.508 e. The zero-order valence-electron chi connectivity index (χ0n) is 13.6. The number of nitrogens with zero attached hydrogens (tertiary/aromatic N) is 1. The molecule has 23 heavy (non-hydrogen) atoms. The number of aryl methyl sites for hydroxylation is 2. The summed E-state index contributed by atoms with van der Waals surface area (Å²) < 4.78 is 6.10. The average Bonchev–Trinajstić information content (AvgIpc) is 2.51. The van der Waals surface area contributed by atoms with Crippen LogP contribution in [0.2, 0.25) is 0 Å². The van der Waals surface area contributed by atoms with Gasteiger partial charge in [0.2, 0.25) is 0 Å². The maximum atomic E-state index is 9.71. The Labute approximate surface area is 136 Å². The fraction of sp³-hybridized carbons (Fsp3) is 0.368. The standard InChI is InChI=1S/C19H23NO3/c1-13-3-4-14(2)15(9-13)10-17-12-20(7-8-21)18-6-5-16(22)11-19(18)23-17/h3-6,9,11,17,21-22H,7-8,10,12H2,1-2H3. The van der Waals surface area contributed by atoms with Gasteiger partial charge in [-0.05, 0) is 37.1 Å². The molecule has 2 N–H and O–H groups in total. The van der Waals surface area contributed by atoms with E-state index in [0.717, 1.165) is 18.7 Å². The van der Waals surface area contributed by atoms with E-state index in [-0.39, 0.29) is 18.5 Å². The van der Waals surface area contributed by atoms with Crippen molar-refractivity contribution in [2.24, 2.45) is 0 Å². The molecule has 1 heterocycles. The molecule has 122 valence electrons. The first-order valence-electron chi connectivity index (χ1n) is 7.98. The highest BCUT2D eigenvalue weighted by Crippen LogP contribution is 2.36. The highest BCUT2D eigenvalue weighted by molar-refractivity contribution is 5.62. The molecule has 0 amide bonds. The Morgan fingerprint density at radius 1 is 1.17 bits per heavy atom. The molecule has 0 aromatic heterocycles. The van der Waals surface area contributed by atoms with Gasteiger partial charge in [0.25, 0.3) is 0 Å². The summed E-state index contributed by atoms with van der Waals surface area (Å²) in [5.74, 6) is 0.875. The van der Waals surface area contributed by atoms with E-state index >= 15 is 0 Å². The number of rotatable bonds is 4. The van der Waals surface area contributed by atoms with Gasteiger partial charge in [0, 0.05) is 19.0 Å². The normalized spacial score (nSPS) is 16.8. The van der Waals surface area contributed by atoms with Crippen LogP contribution in [0.5, 0.6) is 11.5 Å². The highest BCUT2D eigenvalue weighted by Gasteiger charge is 2.26. The Balaban J connectivity index is 1.86. The number of β-amino-alcohol motifs (C(OH)–C–C–N with tert-alkyl or cyclic N) is 1. The van der Waals surface area contributed by atoms with Crippen LogP contribution in [0.25, 0.3) is 0 Å². The molecular weight excluding hydrogens is 290 g/mol. The predicted molar refractivity (Wildman–Crippen MR) is 91.4 cm³/mol. The van der Waals surface area contributed by atoms with Crippen molar-refractivity contribution < 1.29 is 14.9 Å². The average molecular weight is 313 g/mol. The Kier molecular flexibility index (Phi) is 4.44. The second-order valence-electron chi connectivity index (χ2n) is 6.20. The molecular formula is C19H23NO3. The summed E-state index contributed by atoms with van der Waals surface area (Å²) in [6, 6.07) is 11.6. The van der Waals surface area contributed by atoms with Crippen LogP contribution in [-0.4, -0.2) is 36.0 Å². The van der Waals surface area contributed by atoms with Crippen molar-refractivity contribution >= 4 is 5.69 Å². The molecule has 1 unspecified atom stereocenters. The summed E-state index contributed by atoms with van der Waals surface area (Å²) in [5, 5.41) is 19.0. The van der Waals surface area contributed by atoms with E-state index in [1.807, 2.05) is 6.07 Å². The molecule has 2 aromatic carbocycles. The second-order valence-corrected chi connectivity index (χ2v) is 6.20. The molecule has 0 aliphatic carbocycles. The van der Waals surface area contributed by atoms with Crippen LogP contribution in [0.1, 0.15) is 16.7 Å². The van der Waals surface area contributed by atoms with Gasteiger partial charge in [-0.3, -0.25) is 0 Å². The predicted octanol–water partition coefficient (Wildman–Crippen LogP) is 2.81. The third kappa shape index (κ3) is 3.42. The van der Waals surface area contributed by atoms with E-state index in [2.05, 4.69) is 36.9 Å². The van der Waals surface area contributed by atoms with Crippen molar-refractivity contribution in [1.29, 1.82) is 0 Å². The SMILES string of the molecule is Cc1ccc(C)c(CC2CN(CCO)c3ccc(O)cc3O2)c1. The number of aromatic hydroxyl groups is 1. The molecule has 0 fully saturated rings. The summed E-state index contributed by atoms with van der Waals surface area (Å²) in [5.41, 5.74) is 4.71. The summed E-state index contributed by atoms with van der Waals surface area (Å²) >= 11 is 0. The van der Waals surface area contributed by atoms with Crippen molar-refractivity contribution in [3.8, 4) is 11.5 Å². The van der Waals surface area contributed by atoms with E-state index in [4.69, 9.17) is 4.74 Å². The minimum absolute atomic E-state index is 0.00338. The molecule has 0 saturated heterocycles. The topological polar surface area (TPSA) is 52.9 Å². The monoisotopic (exact) mass is 313 g/mol. The Morgan fingerprint density at radius 3 is 2.78 bits per heavy atom. The van der Waals surface area contributed by atoms with Gasteiger partial charge in [-0.2, -0.15) is 0 Å². The zero-order chi connectivity index (χ0) is 16.4. The number of aliphatic hydroxyl groups is 1. The molecule has 3 rings (SSSR count). The zero-order valence-corrected chi connectivity index (χ0v) is 13.6. The Hall–Kier alpha value is -2.20. The van der Waals surface area contributed by atoms with Gasteiger partial charge in [-0.15, -0.1) is 0 Å². The third-order valence-corrected chi connectivity index (χ3v) is 4.32. The van der Waals surface area contributed by atoms with E-state index < -0.39 is 0 Å². The fourth-order valence-corrected chi connectivity index (χ4v) is 3.12. The first-order valence-corrected chi connectivity index (χ1v) is 7.98. The van der Waals surface area contributed by atoms with Gasteiger partial charge in [-0.25, -0.2) is 0 Å². The molecule has 0 radical (unpaired) electrons. The number of benzene rings is 2. The molecule has 4 nitrogen and oxygen atoms in total. The fourth-order valence-electron chi connectivity index (χ4n) is 3.12. The number of aliphatic hydroxyl groups excluding tert-OH is 1. The molecule has 1 aliphatic heterocycles. The largest absolute Gasteiger partial charge is 0.508 e. The maximum absolute atomic E-state index is 9.71. The van der Waals surface area contributed by atoms with Crippen LogP contribution in [0.15, 0.2) is 36.4 Å². The first-order chi connectivity index (χ1) is 11.1. The summed E-state index contributed by atoms with van der Waals surface area (Å²) in [6.45, 7) is 5.59. The van der Waals surface area contributed by atoms with Crippen LogP contribution in [0, 0.1) is 13.8 Å². The van der Waals surface area contributed by atoms with E-state index in [0.29, 0.717) is 12.3 Å². The molecule has 1 aliphatic rings. The summed E-state index contributed by atoms with van der Waals surface area (Å²) in [7, 11) is 0. The van der Waals surface area contributed by atoms with Gasteiger partial charge in [0.1, 0.15) is 17.6 Å². The van der Waals surface area contributed by atoms with Crippen molar-refractivity contribution in [3.05, 3.63) is 53.1 Å².